The minimum Gasteiger partial charge on any atom is -0.475 e. The SMILES string of the molecule is O=C(O)c1ccco1.OCCNCCO. The molecule has 0 aromatic carbocycles. The number of hydrogen-bond acceptors (Lipinski definition) is 5. The molecule has 0 radical (unpaired) electrons. The predicted octanol–water partition coefficient (Wildman–Crippen LogP) is -0.462. The van der Waals surface area contributed by atoms with E-state index in [0.29, 0.717) is 13.1 Å². The van der Waals surface area contributed by atoms with Gasteiger partial charge in [-0.05, 0) is 12.1 Å². The van der Waals surface area contributed by atoms with Crippen molar-refractivity contribution >= 4 is 5.97 Å². The summed E-state index contributed by atoms with van der Waals surface area (Å²) in [7, 11) is 0. The van der Waals surface area contributed by atoms with Crippen LogP contribution in [-0.2, 0) is 0 Å². The maximum atomic E-state index is 9.97. The molecule has 1 aromatic heterocycles. The van der Waals surface area contributed by atoms with E-state index >= 15 is 0 Å². The van der Waals surface area contributed by atoms with Crippen LogP contribution in [0.4, 0.5) is 0 Å². The van der Waals surface area contributed by atoms with Gasteiger partial charge in [0.15, 0.2) is 0 Å². The van der Waals surface area contributed by atoms with Gasteiger partial charge in [-0.15, -0.1) is 0 Å². The molecule has 0 bridgehead atoms. The van der Waals surface area contributed by atoms with Gasteiger partial charge in [-0.2, -0.15) is 0 Å². The molecular weight excluding hydrogens is 202 g/mol. The van der Waals surface area contributed by atoms with E-state index in [1.807, 2.05) is 0 Å². The van der Waals surface area contributed by atoms with E-state index < -0.39 is 5.97 Å². The number of carbonyl (C=O) groups is 1. The third-order valence-electron chi connectivity index (χ3n) is 1.31. The molecule has 4 N–H and O–H groups in total. The summed E-state index contributed by atoms with van der Waals surface area (Å²) in [5.41, 5.74) is 0. The predicted molar refractivity (Wildman–Crippen MR) is 52.7 cm³/mol. The Morgan fingerprint density at radius 2 is 1.93 bits per heavy atom. The average Bonchev–Trinajstić information content (AvgIpc) is 2.72. The van der Waals surface area contributed by atoms with Crippen LogP contribution in [0.2, 0.25) is 0 Å². The maximum absolute atomic E-state index is 9.97. The topological polar surface area (TPSA) is 103 Å². The molecule has 0 aliphatic rings. The zero-order valence-corrected chi connectivity index (χ0v) is 8.22. The van der Waals surface area contributed by atoms with Crippen molar-refractivity contribution in [1.29, 1.82) is 0 Å². The molecule has 0 aliphatic carbocycles. The van der Waals surface area contributed by atoms with Gasteiger partial charge in [-0.1, -0.05) is 0 Å². The largest absolute Gasteiger partial charge is 0.475 e. The van der Waals surface area contributed by atoms with Crippen molar-refractivity contribution in [3.63, 3.8) is 0 Å². The third kappa shape index (κ3) is 7.68. The van der Waals surface area contributed by atoms with Crippen LogP contribution in [0.15, 0.2) is 22.8 Å². The van der Waals surface area contributed by atoms with Gasteiger partial charge >= 0.3 is 5.97 Å². The van der Waals surface area contributed by atoms with Crippen LogP contribution in [0, 0.1) is 0 Å². The van der Waals surface area contributed by atoms with Crippen molar-refractivity contribution in [2.45, 2.75) is 0 Å². The first-order valence-electron chi connectivity index (χ1n) is 4.41. The highest BCUT2D eigenvalue weighted by atomic mass is 16.4. The zero-order chi connectivity index (χ0) is 11.5. The van der Waals surface area contributed by atoms with Gasteiger partial charge in [-0.3, -0.25) is 0 Å². The van der Waals surface area contributed by atoms with E-state index in [1.165, 1.54) is 18.4 Å². The van der Waals surface area contributed by atoms with Crippen molar-refractivity contribution in [3.8, 4) is 0 Å². The van der Waals surface area contributed by atoms with E-state index in [1.54, 1.807) is 0 Å². The zero-order valence-electron chi connectivity index (χ0n) is 8.22. The van der Waals surface area contributed by atoms with Crippen molar-refractivity contribution in [3.05, 3.63) is 24.2 Å². The van der Waals surface area contributed by atoms with Crippen molar-refractivity contribution < 1.29 is 24.5 Å². The number of hydrogen-bond donors (Lipinski definition) is 4. The Balaban J connectivity index is 0.000000265. The van der Waals surface area contributed by atoms with Crippen molar-refractivity contribution in [2.24, 2.45) is 0 Å². The molecule has 1 rings (SSSR count). The molecule has 0 saturated heterocycles. The van der Waals surface area contributed by atoms with Gasteiger partial charge in [0.25, 0.3) is 0 Å². The van der Waals surface area contributed by atoms with Crippen molar-refractivity contribution in [1.82, 2.24) is 5.32 Å². The fraction of sp³-hybridized carbons (Fsp3) is 0.444. The molecule has 1 heterocycles. The van der Waals surface area contributed by atoms with Gasteiger partial charge < -0.3 is 25.1 Å². The first kappa shape index (κ1) is 13.6. The summed E-state index contributed by atoms with van der Waals surface area (Å²) in [5, 5.41) is 27.3. The Kier molecular flexibility index (Phi) is 8.36. The second-order valence-corrected chi connectivity index (χ2v) is 2.48. The standard InChI is InChI=1S/C5H4O3.C4H11NO2/c6-5(7)4-2-1-3-8-4;6-3-1-5-2-4-7/h1-3H,(H,6,7);5-7H,1-4H2. The minimum absolute atomic E-state index is 0.0231. The normalized spacial score (nSPS) is 9.20. The average molecular weight is 217 g/mol. The van der Waals surface area contributed by atoms with Gasteiger partial charge in [0, 0.05) is 13.1 Å². The summed E-state index contributed by atoms with van der Waals surface area (Å²) < 4.78 is 4.50. The number of carboxylic acids is 1. The highest BCUT2D eigenvalue weighted by Crippen LogP contribution is 1.97. The van der Waals surface area contributed by atoms with E-state index in [-0.39, 0.29) is 19.0 Å². The summed E-state index contributed by atoms with van der Waals surface area (Å²) in [6, 6.07) is 2.92. The Labute approximate surface area is 87.2 Å². The molecule has 0 spiro atoms. The second kappa shape index (κ2) is 9.20. The monoisotopic (exact) mass is 217 g/mol. The van der Waals surface area contributed by atoms with E-state index in [9.17, 15) is 4.79 Å². The molecule has 0 atom stereocenters. The molecule has 0 saturated carbocycles. The molecule has 15 heavy (non-hydrogen) atoms. The molecule has 0 fully saturated rings. The molecule has 0 unspecified atom stereocenters. The first-order valence-corrected chi connectivity index (χ1v) is 4.41. The summed E-state index contributed by atoms with van der Waals surface area (Å²) >= 11 is 0. The summed E-state index contributed by atoms with van der Waals surface area (Å²) in [6.45, 7) is 1.42. The molecule has 0 amide bonds. The Hall–Kier alpha value is -1.37. The Bertz CT molecular complexity index is 243. The highest BCUT2D eigenvalue weighted by molar-refractivity contribution is 5.84. The summed E-state index contributed by atoms with van der Waals surface area (Å²) in [6.07, 6.45) is 1.32. The van der Waals surface area contributed by atoms with Crippen LogP contribution < -0.4 is 5.32 Å². The third-order valence-corrected chi connectivity index (χ3v) is 1.31. The second-order valence-electron chi connectivity index (χ2n) is 2.48. The van der Waals surface area contributed by atoms with E-state index in [2.05, 4.69) is 9.73 Å². The molecule has 1 aromatic rings. The number of rotatable bonds is 5. The van der Waals surface area contributed by atoms with Gasteiger partial charge in [0.05, 0.1) is 19.5 Å². The molecule has 6 heteroatoms. The smallest absolute Gasteiger partial charge is 0.371 e. The number of furan rings is 1. The van der Waals surface area contributed by atoms with Crippen LogP contribution in [0.3, 0.4) is 0 Å². The van der Waals surface area contributed by atoms with Crippen LogP contribution in [0.1, 0.15) is 10.6 Å². The number of aliphatic hydroxyl groups is 2. The van der Waals surface area contributed by atoms with Crippen LogP contribution in [-0.4, -0.2) is 47.6 Å². The van der Waals surface area contributed by atoms with E-state index in [4.69, 9.17) is 15.3 Å². The van der Waals surface area contributed by atoms with Gasteiger partial charge in [-0.25, -0.2) is 4.79 Å². The number of aliphatic hydroxyl groups excluding tert-OH is 2. The summed E-state index contributed by atoms with van der Waals surface area (Å²) in [5.74, 6) is -1.06. The van der Waals surface area contributed by atoms with Crippen LogP contribution in [0.25, 0.3) is 0 Å². The lowest BCUT2D eigenvalue weighted by atomic mass is 10.5. The first-order chi connectivity index (χ1) is 7.22. The quantitative estimate of drug-likeness (QED) is 0.498. The fourth-order valence-corrected chi connectivity index (χ4v) is 0.683. The number of aromatic carboxylic acids is 1. The molecule has 86 valence electrons. The Morgan fingerprint density at radius 1 is 1.33 bits per heavy atom. The minimum atomic E-state index is -1.03. The van der Waals surface area contributed by atoms with Crippen molar-refractivity contribution in [2.75, 3.05) is 26.3 Å². The number of nitrogens with one attached hydrogen (secondary N) is 1. The lowest BCUT2D eigenvalue weighted by Crippen LogP contribution is -2.21. The number of carboxylic acid groups (broad SMARTS) is 1. The fourth-order valence-electron chi connectivity index (χ4n) is 0.683. The maximum Gasteiger partial charge on any atom is 0.371 e. The van der Waals surface area contributed by atoms with Gasteiger partial charge in [0.1, 0.15) is 0 Å². The Morgan fingerprint density at radius 3 is 2.20 bits per heavy atom. The van der Waals surface area contributed by atoms with E-state index in [0.717, 1.165) is 0 Å². The highest BCUT2D eigenvalue weighted by Gasteiger charge is 2.01. The molecule has 6 nitrogen and oxygen atoms in total. The lowest BCUT2D eigenvalue weighted by Gasteiger charge is -1.94. The lowest BCUT2D eigenvalue weighted by molar-refractivity contribution is 0.0662. The van der Waals surface area contributed by atoms with Crippen LogP contribution >= 0.6 is 0 Å². The molecular formula is C9H15NO5. The van der Waals surface area contributed by atoms with Crippen LogP contribution in [0.5, 0.6) is 0 Å². The summed E-state index contributed by atoms with van der Waals surface area (Å²) in [4.78, 5) is 9.97. The molecule has 0 aliphatic heterocycles. The van der Waals surface area contributed by atoms with Gasteiger partial charge in [0.2, 0.25) is 5.76 Å².